The summed E-state index contributed by atoms with van der Waals surface area (Å²) in [7, 11) is 0. The molecule has 0 spiro atoms. The molecule has 2 aromatic rings. The molecule has 0 bridgehead atoms. The van der Waals surface area contributed by atoms with E-state index in [4.69, 9.17) is 9.84 Å². The summed E-state index contributed by atoms with van der Waals surface area (Å²) in [6.07, 6.45) is -10.4. The number of halogens is 8. The van der Waals surface area contributed by atoms with E-state index in [1.807, 2.05) is 0 Å². The van der Waals surface area contributed by atoms with Gasteiger partial charge in [0.25, 0.3) is 0 Å². The first-order valence-electron chi connectivity index (χ1n) is 6.65. The molecule has 0 aliphatic carbocycles. The van der Waals surface area contributed by atoms with E-state index in [9.17, 15) is 39.9 Å². The smallest absolute Gasteiger partial charge is 0.477 e. The van der Waals surface area contributed by atoms with Gasteiger partial charge in [-0.1, -0.05) is 0 Å². The molecule has 4 nitrogen and oxygen atoms in total. The second kappa shape index (κ2) is 6.93. The fourth-order valence-electron chi connectivity index (χ4n) is 1.94. The van der Waals surface area contributed by atoms with Crippen LogP contribution in [0.1, 0.15) is 15.9 Å². The first-order valence-corrected chi connectivity index (χ1v) is 6.65. The van der Waals surface area contributed by atoms with E-state index in [0.717, 1.165) is 0 Å². The van der Waals surface area contributed by atoms with Crippen molar-refractivity contribution >= 4 is 5.97 Å². The van der Waals surface area contributed by atoms with Gasteiger partial charge in [-0.05, 0) is 24.3 Å². The van der Waals surface area contributed by atoms with Crippen LogP contribution < -0.4 is 9.47 Å². The standard InChI is InChI=1S/C15H6F8O4/c16-8-5-6(1-3-9(8)27-15(21,22)23)26-10-4-2-7(14(18,19)20)12(17)11(10)13(24)25/h1-5H,(H,24,25). The Labute approximate surface area is 144 Å². The third-order valence-electron chi connectivity index (χ3n) is 2.98. The molecule has 12 heteroatoms. The molecule has 27 heavy (non-hydrogen) atoms. The number of hydrogen-bond acceptors (Lipinski definition) is 3. The minimum absolute atomic E-state index is 0.203. The van der Waals surface area contributed by atoms with Crippen LogP contribution in [0.4, 0.5) is 35.1 Å². The highest BCUT2D eigenvalue weighted by atomic mass is 19.4. The Morgan fingerprint density at radius 3 is 2.00 bits per heavy atom. The van der Waals surface area contributed by atoms with Crippen LogP contribution in [0.5, 0.6) is 17.2 Å². The van der Waals surface area contributed by atoms with Crippen LogP contribution in [0.25, 0.3) is 0 Å². The van der Waals surface area contributed by atoms with Crippen molar-refractivity contribution in [1.82, 2.24) is 0 Å². The Morgan fingerprint density at radius 2 is 1.52 bits per heavy atom. The van der Waals surface area contributed by atoms with Crippen molar-refractivity contribution < 1.29 is 54.5 Å². The van der Waals surface area contributed by atoms with Crippen molar-refractivity contribution in [2.45, 2.75) is 12.5 Å². The molecule has 0 aliphatic rings. The second-order valence-corrected chi connectivity index (χ2v) is 4.85. The summed E-state index contributed by atoms with van der Waals surface area (Å²) in [6.45, 7) is 0. The molecule has 0 radical (unpaired) electrons. The monoisotopic (exact) mass is 402 g/mol. The number of aromatic carboxylic acids is 1. The fourth-order valence-corrected chi connectivity index (χ4v) is 1.94. The SMILES string of the molecule is O=C(O)c1c(Oc2ccc(OC(F)(F)F)c(F)c2)ccc(C(F)(F)F)c1F. The molecular formula is C15H6F8O4. The van der Waals surface area contributed by atoms with E-state index < -0.39 is 58.5 Å². The molecule has 0 amide bonds. The zero-order chi connectivity index (χ0) is 20.6. The van der Waals surface area contributed by atoms with Gasteiger partial charge in [0, 0.05) is 6.07 Å². The van der Waals surface area contributed by atoms with Gasteiger partial charge in [-0.2, -0.15) is 13.2 Å². The van der Waals surface area contributed by atoms with Gasteiger partial charge in [-0.15, -0.1) is 13.2 Å². The molecule has 2 rings (SSSR count). The molecule has 0 saturated heterocycles. The van der Waals surface area contributed by atoms with Gasteiger partial charge in [0.2, 0.25) is 0 Å². The van der Waals surface area contributed by atoms with Crippen LogP contribution in [0, 0.1) is 11.6 Å². The Hall–Kier alpha value is -3.05. The minimum Gasteiger partial charge on any atom is -0.477 e. The third kappa shape index (κ3) is 4.77. The molecule has 0 aliphatic heterocycles. The predicted octanol–water partition coefficient (Wildman–Crippen LogP) is 5.37. The van der Waals surface area contributed by atoms with Crippen LogP contribution >= 0.6 is 0 Å². The summed E-state index contributed by atoms with van der Waals surface area (Å²) >= 11 is 0. The van der Waals surface area contributed by atoms with Crippen molar-refractivity contribution in [3.63, 3.8) is 0 Å². The highest BCUT2D eigenvalue weighted by molar-refractivity contribution is 5.91. The lowest BCUT2D eigenvalue weighted by atomic mass is 10.1. The van der Waals surface area contributed by atoms with E-state index in [0.29, 0.717) is 24.3 Å². The predicted molar refractivity (Wildman–Crippen MR) is 71.5 cm³/mol. The number of rotatable bonds is 4. The van der Waals surface area contributed by atoms with Gasteiger partial charge < -0.3 is 14.6 Å². The third-order valence-corrected chi connectivity index (χ3v) is 2.98. The van der Waals surface area contributed by atoms with E-state index in [2.05, 4.69) is 4.74 Å². The number of alkyl halides is 6. The molecular weight excluding hydrogens is 396 g/mol. The summed E-state index contributed by atoms with van der Waals surface area (Å²) in [6, 6.07) is 2.23. The lowest BCUT2D eigenvalue weighted by Crippen LogP contribution is -2.17. The highest BCUT2D eigenvalue weighted by Crippen LogP contribution is 2.37. The van der Waals surface area contributed by atoms with Gasteiger partial charge >= 0.3 is 18.5 Å². The molecule has 0 saturated carbocycles. The normalized spacial score (nSPS) is 12.0. The largest absolute Gasteiger partial charge is 0.573 e. The topological polar surface area (TPSA) is 55.8 Å². The van der Waals surface area contributed by atoms with Crippen LogP contribution in [0.2, 0.25) is 0 Å². The molecule has 0 atom stereocenters. The van der Waals surface area contributed by atoms with Crippen molar-refractivity contribution in [2.24, 2.45) is 0 Å². The Kier molecular flexibility index (Phi) is 5.20. The highest BCUT2D eigenvalue weighted by Gasteiger charge is 2.37. The molecule has 1 N–H and O–H groups in total. The van der Waals surface area contributed by atoms with Crippen LogP contribution in [0.3, 0.4) is 0 Å². The van der Waals surface area contributed by atoms with Crippen LogP contribution in [-0.4, -0.2) is 17.4 Å². The number of hydrogen-bond donors (Lipinski definition) is 1. The number of carboxylic acids is 1. The zero-order valence-corrected chi connectivity index (χ0v) is 12.6. The van der Waals surface area contributed by atoms with Crippen LogP contribution in [0.15, 0.2) is 30.3 Å². The quantitative estimate of drug-likeness (QED) is 0.699. The fraction of sp³-hybridized carbons (Fsp3) is 0.133. The van der Waals surface area contributed by atoms with Crippen molar-refractivity contribution in [3.8, 4) is 17.2 Å². The van der Waals surface area contributed by atoms with E-state index >= 15 is 0 Å². The molecule has 146 valence electrons. The Balaban J connectivity index is 2.42. The first-order chi connectivity index (χ1) is 12.3. The first kappa shape index (κ1) is 20.3. The van der Waals surface area contributed by atoms with Gasteiger partial charge in [0.05, 0.1) is 5.56 Å². The summed E-state index contributed by atoms with van der Waals surface area (Å²) in [5.41, 5.74) is -3.35. The summed E-state index contributed by atoms with van der Waals surface area (Å²) in [4.78, 5) is 11.1. The Morgan fingerprint density at radius 1 is 0.926 bits per heavy atom. The van der Waals surface area contributed by atoms with Gasteiger partial charge in [-0.25, -0.2) is 13.6 Å². The van der Waals surface area contributed by atoms with Crippen molar-refractivity contribution in [3.05, 3.63) is 53.1 Å². The maximum Gasteiger partial charge on any atom is 0.573 e. The average Bonchev–Trinajstić information content (AvgIpc) is 2.47. The Bertz CT molecular complexity index is 873. The minimum atomic E-state index is -5.19. The van der Waals surface area contributed by atoms with E-state index in [-0.39, 0.29) is 6.07 Å². The molecule has 0 fully saturated rings. The number of benzene rings is 2. The van der Waals surface area contributed by atoms with Crippen LogP contribution in [-0.2, 0) is 6.18 Å². The lowest BCUT2D eigenvalue weighted by Gasteiger charge is -2.14. The molecule has 0 aromatic heterocycles. The number of carboxylic acid groups (broad SMARTS) is 1. The summed E-state index contributed by atoms with van der Waals surface area (Å²) < 4.78 is 110. The van der Waals surface area contributed by atoms with Gasteiger partial charge in [0.1, 0.15) is 17.1 Å². The van der Waals surface area contributed by atoms with Crippen molar-refractivity contribution in [1.29, 1.82) is 0 Å². The number of ether oxygens (including phenoxy) is 2. The van der Waals surface area contributed by atoms with Gasteiger partial charge in [0.15, 0.2) is 17.4 Å². The summed E-state index contributed by atoms with van der Waals surface area (Å²) in [5.74, 6) is -8.56. The zero-order valence-electron chi connectivity index (χ0n) is 12.6. The lowest BCUT2D eigenvalue weighted by molar-refractivity contribution is -0.275. The van der Waals surface area contributed by atoms with Gasteiger partial charge in [-0.3, -0.25) is 0 Å². The molecule has 0 heterocycles. The maximum absolute atomic E-state index is 13.9. The maximum atomic E-state index is 13.9. The average molecular weight is 402 g/mol. The van der Waals surface area contributed by atoms with Crippen molar-refractivity contribution in [2.75, 3.05) is 0 Å². The van der Waals surface area contributed by atoms with E-state index in [1.165, 1.54) is 0 Å². The summed E-state index contributed by atoms with van der Waals surface area (Å²) in [5, 5.41) is 8.93. The number of carbonyl (C=O) groups is 1. The molecule has 0 unspecified atom stereocenters. The molecule has 2 aromatic carbocycles. The van der Waals surface area contributed by atoms with E-state index in [1.54, 1.807) is 0 Å². The second-order valence-electron chi connectivity index (χ2n) is 4.85.